The molecular weight excluding hydrogens is 278 g/mol. The summed E-state index contributed by atoms with van der Waals surface area (Å²) in [5.41, 5.74) is 0.744. The minimum absolute atomic E-state index is 0.496. The Hall–Kier alpha value is -1.51. The lowest BCUT2D eigenvalue weighted by Gasteiger charge is -2.38. The van der Waals surface area contributed by atoms with Crippen LogP contribution in [0.25, 0.3) is 0 Å². The average Bonchev–Trinajstić information content (AvgIpc) is 2.51. The topological polar surface area (TPSA) is 112 Å². The zero-order chi connectivity index (χ0) is 15.4. The largest absolute Gasteiger partial charge is 0.497 e. The average molecular weight is 297 g/mol. The van der Waals surface area contributed by atoms with Crippen molar-refractivity contribution in [2.75, 3.05) is 13.7 Å². The number of rotatable bonds is 4. The van der Waals surface area contributed by atoms with Gasteiger partial charge in [0.1, 0.15) is 30.1 Å². The number of ether oxygens (including phenoxy) is 2. The second-order valence-electron chi connectivity index (χ2n) is 4.77. The highest BCUT2D eigenvalue weighted by Crippen LogP contribution is 2.22. The van der Waals surface area contributed by atoms with Crippen molar-refractivity contribution in [2.24, 2.45) is 4.99 Å². The first-order chi connectivity index (χ1) is 10.1. The number of benzene rings is 1. The molecule has 116 valence electrons. The van der Waals surface area contributed by atoms with Gasteiger partial charge in [0.2, 0.25) is 0 Å². The number of aliphatic hydroxyl groups excluding tert-OH is 4. The Morgan fingerprint density at radius 2 is 1.86 bits per heavy atom. The van der Waals surface area contributed by atoms with E-state index >= 15 is 0 Å². The quantitative estimate of drug-likeness (QED) is 0.526. The zero-order valence-electron chi connectivity index (χ0n) is 11.5. The van der Waals surface area contributed by atoms with Crippen LogP contribution in [0, 0.1) is 0 Å². The molecule has 1 aromatic carbocycles. The summed E-state index contributed by atoms with van der Waals surface area (Å²) in [5, 5.41) is 38.5. The first-order valence-electron chi connectivity index (χ1n) is 6.54. The number of aliphatic imine (C=N–C) groups is 1. The molecule has 0 aromatic heterocycles. The highest BCUT2D eigenvalue weighted by atomic mass is 16.6. The minimum atomic E-state index is -1.39. The fraction of sp³-hybridized carbons (Fsp3) is 0.500. The lowest BCUT2D eigenvalue weighted by Crippen LogP contribution is -2.57. The van der Waals surface area contributed by atoms with Gasteiger partial charge in [-0.15, -0.1) is 0 Å². The van der Waals surface area contributed by atoms with E-state index in [0.717, 1.165) is 5.56 Å². The van der Waals surface area contributed by atoms with E-state index in [0.29, 0.717) is 5.75 Å². The molecule has 0 aliphatic carbocycles. The predicted octanol–water partition coefficient (Wildman–Crippen LogP) is -1.09. The standard InChI is InChI=1S/C14H19NO6/c1-20-9-4-2-8(3-5-9)6-15-11-13(18)12(17)10(7-16)21-14(11)19/h2-6,10-14,16-19H,7H2,1H3/t10?,11-,12+,13?,14+/m0/s1. The van der Waals surface area contributed by atoms with Gasteiger partial charge in [-0.3, -0.25) is 4.99 Å². The fourth-order valence-corrected chi connectivity index (χ4v) is 2.11. The normalized spacial score (nSPS) is 33.3. The van der Waals surface area contributed by atoms with Gasteiger partial charge < -0.3 is 29.9 Å². The summed E-state index contributed by atoms with van der Waals surface area (Å²) < 4.78 is 10.1. The van der Waals surface area contributed by atoms with Crippen molar-refractivity contribution in [3.8, 4) is 5.75 Å². The molecular formula is C14H19NO6. The number of hydrogen-bond donors (Lipinski definition) is 4. The van der Waals surface area contributed by atoms with Crippen LogP contribution < -0.4 is 4.74 Å². The summed E-state index contributed by atoms with van der Waals surface area (Å²) >= 11 is 0. The fourth-order valence-electron chi connectivity index (χ4n) is 2.11. The van der Waals surface area contributed by atoms with E-state index in [1.807, 2.05) is 0 Å². The van der Waals surface area contributed by atoms with E-state index in [9.17, 15) is 15.3 Å². The van der Waals surface area contributed by atoms with Gasteiger partial charge in [-0.25, -0.2) is 0 Å². The smallest absolute Gasteiger partial charge is 0.180 e. The summed E-state index contributed by atoms with van der Waals surface area (Å²) in [6.07, 6.45) is -3.58. The van der Waals surface area contributed by atoms with Crippen molar-refractivity contribution in [3.05, 3.63) is 29.8 Å². The van der Waals surface area contributed by atoms with Gasteiger partial charge in [0.15, 0.2) is 6.29 Å². The Balaban J connectivity index is 2.08. The molecule has 7 nitrogen and oxygen atoms in total. The van der Waals surface area contributed by atoms with Crippen molar-refractivity contribution in [1.29, 1.82) is 0 Å². The summed E-state index contributed by atoms with van der Waals surface area (Å²) in [6, 6.07) is 6.00. The molecule has 1 fully saturated rings. The molecule has 1 saturated heterocycles. The molecule has 1 aliphatic rings. The predicted molar refractivity (Wildman–Crippen MR) is 74.4 cm³/mol. The van der Waals surface area contributed by atoms with Crippen LogP contribution in [0.3, 0.4) is 0 Å². The molecule has 0 amide bonds. The number of nitrogens with zero attached hydrogens (tertiary/aromatic N) is 1. The van der Waals surface area contributed by atoms with Crippen LogP contribution in [0.2, 0.25) is 0 Å². The molecule has 21 heavy (non-hydrogen) atoms. The van der Waals surface area contributed by atoms with E-state index in [2.05, 4.69) is 4.99 Å². The molecule has 1 aliphatic heterocycles. The Bertz CT molecular complexity index is 477. The summed E-state index contributed by atoms with van der Waals surface area (Å²) in [6.45, 7) is -0.496. The maximum atomic E-state index is 9.93. The third kappa shape index (κ3) is 3.58. The maximum absolute atomic E-state index is 9.93. The molecule has 1 heterocycles. The molecule has 0 saturated carbocycles. The molecule has 0 spiro atoms. The van der Waals surface area contributed by atoms with Crippen molar-refractivity contribution in [3.63, 3.8) is 0 Å². The van der Waals surface area contributed by atoms with Crippen LogP contribution in [-0.4, -0.2) is 71.0 Å². The van der Waals surface area contributed by atoms with Gasteiger partial charge in [-0.1, -0.05) is 0 Å². The molecule has 1 aromatic rings. The van der Waals surface area contributed by atoms with E-state index in [-0.39, 0.29) is 0 Å². The molecule has 2 rings (SSSR count). The second kappa shape index (κ2) is 6.97. The Kier molecular flexibility index (Phi) is 5.27. The second-order valence-corrected chi connectivity index (χ2v) is 4.77. The van der Waals surface area contributed by atoms with Crippen LogP contribution in [0.1, 0.15) is 5.56 Å². The summed E-state index contributed by atoms with van der Waals surface area (Å²) in [5.74, 6) is 0.703. The lowest BCUT2D eigenvalue weighted by atomic mass is 9.97. The van der Waals surface area contributed by atoms with Crippen LogP contribution in [0.4, 0.5) is 0 Å². The molecule has 5 atom stereocenters. The molecule has 0 bridgehead atoms. The van der Waals surface area contributed by atoms with E-state index in [4.69, 9.17) is 14.6 Å². The summed E-state index contributed by atoms with van der Waals surface area (Å²) in [4.78, 5) is 4.06. The number of hydrogen-bond acceptors (Lipinski definition) is 7. The van der Waals surface area contributed by atoms with Crippen molar-refractivity contribution in [1.82, 2.24) is 0 Å². The van der Waals surface area contributed by atoms with Crippen LogP contribution in [-0.2, 0) is 4.74 Å². The van der Waals surface area contributed by atoms with Crippen LogP contribution >= 0.6 is 0 Å². The van der Waals surface area contributed by atoms with Gasteiger partial charge in [0, 0.05) is 6.21 Å². The molecule has 0 radical (unpaired) electrons. The monoisotopic (exact) mass is 297 g/mol. The number of methoxy groups -OCH3 is 1. The number of aliphatic hydroxyl groups is 4. The van der Waals surface area contributed by atoms with Crippen LogP contribution in [0.15, 0.2) is 29.3 Å². The third-order valence-corrected chi connectivity index (χ3v) is 3.38. The zero-order valence-corrected chi connectivity index (χ0v) is 11.5. The van der Waals surface area contributed by atoms with Crippen LogP contribution in [0.5, 0.6) is 5.75 Å². The van der Waals surface area contributed by atoms with Gasteiger partial charge in [0.05, 0.1) is 13.7 Å². The molecule has 2 unspecified atom stereocenters. The van der Waals surface area contributed by atoms with Crippen molar-refractivity contribution >= 4 is 6.21 Å². The first kappa shape index (κ1) is 15.9. The highest BCUT2D eigenvalue weighted by molar-refractivity contribution is 5.79. The Morgan fingerprint density at radius 1 is 1.19 bits per heavy atom. The first-order valence-corrected chi connectivity index (χ1v) is 6.54. The summed E-state index contributed by atoms with van der Waals surface area (Å²) in [7, 11) is 1.56. The Labute approximate surface area is 122 Å². The van der Waals surface area contributed by atoms with Gasteiger partial charge in [0.25, 0.3) is 0 Å². The lowest BCUT2D eigenvalue weighted by molar-refractivity contribution is -0.248. The minimum Gasteiger partial charge on any atom is -0.497 e. The Morgan fingerprint density at radius 3 is 2.43 bits per heavy atom. The third-order valence-electron chi connectivity index (χ3n) is 3.38. The maximum Gasteiger partial charge on any atom is 0.180 e. The van der Waals surface area contributed by atoms with Gasteiger partial charge >= 0.3 is 0 Å². The van der Waals surface area contributed by atoms with E-state index in [1.165, 1.54) is 6.21 Å². The van der Waals surface area contributed by atoms with E-state index in [1.54, 1.807) is 31.4 Å². The van der Waals surface area contributed by atoms with Crippen molar-refractivity contribution in [2.45, 2.75) is 30.6 Å². The van der Waals surface area contributed by atoms with E-state index < -0.39 is 37.3 Å². The van der Waals surface area contributed by atoms with Gasteiger partial charge in [-0.2, -0.15) is 0 Å². The molecule has 7 heteroatoms. The van der Waals surface area contributed by atoms with Crippen molar-refractivity contribution < 1.29 is 29.9 Å². The molecule has 4 N–H and O–H groups in total. The highest BCUT2D eigenvalue weighted by Gasteiger charge is 2.43. The SMILES string of the molecule is COc1ccc(C=N[C@H]2C(O)[C@H](O)C(CO)O[C@H]2O)cc1. The van der Waals surface area contributed by atoms with Gasteiger partial charge in [-0.05, 0) is 29.8 Å².